The Balaban J connectivity index is 1.47. The highest BCUT2D eigenvalue weighted by atomic mass is 16.5. The number of ether oxygens (including phenoxy) is 1. The molecule has 29 heavy (non-hydrogen) atoms. The predicted molar refractivity (Wildman–Crippen MR) is 114 cm³/mol. The van der Waals surface area contributed by atoms with Crippen LogP contribution in [0.3, 0.4) is 0 Å². The van der Waals surface area contributed by atoms with Crippen molar-refractivity contribution in [2.45, 2.75) is 51.6 Å². The number of nitrogens with zero attached hydrogens (tertiary/aromatic N) is 1. The molecule has 0 unspecified atom stereocenters. The van der Waals surface area contributed by atoms with E-state index in [1.165, 1.54) is 19.3 Å². The van der Waals surface area contributed by atoms with Gasteiger partial charge in [0.05, 0.1) is 6.61 Å². The molecule has 5 heteroatoms. The first-order valence-corrected chi connectivity index (χ1v) is 10.8. The molecule has 5 nitrogen and oxygen atoms in total. The molecule has 2 fully saturated rings. The Morgan fingerprint density at radius 2 is 1.97 bits per heavy atom. The number of hydrogen-bond donors (Lipinski definition) is 1. The monoisotopic (exact) mass is 394 g/mol. The van der Waals surface area contributed by atoms with Crippen molar-refractivity contribution in [3.8, 4) is 0 Å². The SMILES string of the molecule is CCOC(=O)[C@@H]1C[C@H](NC(=O)c2ccc3ccccc3c2C)CN1CC1CCC1. The van der Waals surface area contributed by atoms with Gasteiger partial charge in [-0.1, -0.05) is 36.8 Å². The molecule has 0 radical (unpaired) electrons. The molecule has 0 bridgehead atoms. The molecule has 1 heterocycles. The maximum absolute atomic E-state index is 13.0. The molecule has 154 valence electrons. The predicted octanol–water partition coefficient (Wildman–Crippen LogP) is 3.68. The summed E-state index contributed by atoms with van der Waals surface area (Å²) in [5.74, 6) is 0.445. The largest absolute Gasteiger partial charge is 0.465 e. The van der Waals surface area contributed by atoms with Crippen molar-refractivity contribution in [2.75, 3.05) is 19.7 Å². The minimum absolute atomic E-state index is 0.0390. The van der Waals surface area contributed by atoms with Crippen LogP contribution in [-0.4, -0.2) is 48.6 Å². The first-order chi connectivity index (χ1) is 14.1. The number of carbonyl (C=O) groups is 2. The number of nitrogens with one attached hydrogen (secondary N) is 1. The molecular formula is C24H30N2O3. The number of esters is 1. The van der Waals surface area contributed by atoms with Gasteiger partial charge in [0, 0.05) is 24.7 Å². The van der Waals surface area contributed by atoms with Crippen molar-refractivity contribution in [3.63, 3.8) is 0 Å². The van der Waals surface area contributed by atoms with Crippen LogP contribution in [-0.2, 0) is 9.53 Å². The highest BCUT2D eigenvalue weighted by molar-refractivity contribution is 6.01. The lowest BCUT2D eigenvalue weighted by molar-refractivity contribution is -0.148. The Hall–Kier alpha value is -2.40. The molecule has 1 saturated carbocycles. The normalized spacial score (nSPS) is 22.4. The Kier molecular flexibility index (Phi) is 5.86. The molecule has 1 amide bonds. The summed E-state index contributed by atoms with van der Waals surface area (Å²) in [4.78, 5) is 27.7. The molecule has 2 atom stereocenters. The second-order valence-electron chi connectivity index (χ2n) is 8.38. The van der Waals surface area contributed by atoms with Gasteiger partial charge in [0.15, 0.2) is 0 Å². The molecule has 1 aliphatic heterocycles. The van der Waals surface area contributed by atoms with E-state index in [0.29, 0.717) is 31.1 Å². The van der Waals surface area contributed by atoms with Gasteiger partial charge in [0.1, 0.15) is 6.04 Å². The summed E-state index contributed by atoms with van der Waals surface area (Å²) >= 11 is 0. The van der Waals surface area contributed by atoms with Crippen molar-refractivity contribution in [2.24, 2.45) is 5.92 Å². The van der Waals surface area contributed by atoms with E-state index in [2.05, 4.69) is 16.3 Å². The van der Waals surface area contributed by atoms with E-state index in [4.69, 9.17) is 4.74 Å². The van der Waals surface area contributed by atoms with Crippen LogP contribution in [0.25, 0.3) is 10.8 Å². The van der Waals surface area contributed by atoms with Gasteiger partial charge in [0.25, 0.3) is 5.91 Å². The Morgan fingerprint density at radius 3 is 2.69 bits per heavy atom. The summed E-state index contributed by atoms with van der Waals surface area (Å²) in [6.45, 7) is 5.85. The minimum Gasteiger partial charge on any atom is -0.465 e. The van der Waals surface area contributed by atoms with Crippen molar-refractivity contribution in [3.05, 3.63) is 47.5 Å². The second-order valence-corrected chi connectivity index (χ2v) is 8.38. The lowest BCUT2D eigenvalue weighted by Gasteiger charge is -2.32. The summed E-state index contributed by atoms with van der Waals surface area (Å²) in [6.07, 6.45) is 4.37. The Bertz CT molecular complexity index is 906. The van der Waals surface area contributed by atoms with Gasteiger partial charge in [-0.25, -0.2) is 0 Å². The molecule has 0 aromatic heterocycles. The van der Waals surface area contributed by atoms with E-state index in [1.54, 1.807) is 0 Å². The molecule has 0 spiro atoms. The number of likely N-dealkylation sites (tertiary alicyclic amines) is 1. The fourth-order valence-corrected chi connectivity index (χ4v) is 4.64. The third-order valence-electron chi connectivity index (χ3n) is 6.46. The number of hydrogen-bond acceptors (Lipinski definition) is 4. The minimum atomic E-state index is -0.251. The Labute approximate surface area is 172 Å². The average molecular weight is 395 g/mol. The van der Waals surface area contributed by atoms with Gasteiger partial charge in [-0.05, 0) is 61.4 Å². The van der Waals surface area contributed by atoms with Crippen LogP contribution in [0.5, 0.6) is 0 Å². The molecule has 1 N–H and O–H groups in total. The van der Waals surface area contributed by atoms with Gasteiger partial charge >= 0.3 is 5.97 Å². The molecular weight excluding hydrogens is 364 g/mol. The molecule has 2 aromatic rings. The molecule has 2 aliphatic rings. The summed E-state index contributed by atoms with van der Waals surface area (Å²) < 4.78 is 5.30. The third-order valence-corrected chi connectivity index (χ3v) is 6.46. The highest BCUT2D eigenvalue weighted by Crippen LogP contribution is 2.30. The fraction of sp³-hybridized carbons (Fsp3) is 0.500. The van der Waals surface area contributed by atoms with Gasteiger partial charge in [-0.2, -0.15) is 0 Å². The van der Waals surface area contributed by atoms with Gasteiger partial charge < -0.3 is 10.1 Å². The lowest BCUT2D eigenvalue weighted by Crippen LogP contribution is -2.42. The zero-order chi connectivity index (χ0) is 20.4. The summed E-state index contributed by atoms with van der Waals surface area (Å²) in [5.41, 5.74) is 1.70. The average Bonchev–Trinajstić information content (AvgIpc) is 3.08. The van der Waals surface area contributed by atoms with Crippen LogP contribution in [0.15, 0.2) is 36.4 Å². The van der Waals surface area contributed by atoms with Crippen LogP contribution in [0.2, 0.25) is 0 Å². The maximum atomic E-state index is 13.0. The van der Waals surface area contributed by atoms with Gasteiger partial charge in [-0.3, -0.25) is 14.5 Å². The van der Waals surface area contributed by atoms with Crippen LogP contribution < -0.4 is 5.32 Å². The molecule has 2 aromatic carbocycles. The standard InChI is InChI=1S/C24H30N2O3/c1-3-29-24(28)22-13-19(15-26(22)14-17-7-6-8-17)25-23(27)21-12-11-18-9-4-5-10-20(18)16(21)2/h4-5,9-12,17,19,22H,3,6-8,13-15H2,1-2H3,(H,25,27)/t19-,22-/m0/s1. The van der Waals surface area contributed by atoms with Crippen LogP contribution in [0.1, 0.15) is 48.5 Å². The van der Waals surface area contributed by atoms with Gasteiger partial charge in [0.2, 0.25) is 0 Å². The van der Waals surface area contributed by atoms with E-state index in [9.17, 15) is 9.59 Å². The van der Waals surface area contributed by atoms with E-state index >= 15 is 0 Å². The quantitative estimate of drug-likeness (QED) is 0.760. The topological polar surface area (TPSA) is 58.6 Å². The molecule has 1 saturated heterocycles. The van der Waals surface area contributed by atoms with Crippen molar-refractivity contribution in [1.82, 2.24) is 10.2 Å². The van der Waals surface area contributed by atoms with Crippen LogP contribution in [0.4, 0.5) is 0 Å². The Morgan fingerprint density at radius 1 is 1.17 bits per heavy atom. The third kappa shape index (κ3) is 4.15. The van der Waals surface area contributed by atoms with E-state index < -0.39 is 0 Å². The fourth-order valence-electron chi connectivity index (χ4n) is 4.64. The molecule has 4 rings (SSSR count). The number of amides is 1. The first kappa shape index (κ1) is 19.9. The molecule has 1 aliphatic carbocycles. The number of benzene rings is 2. The first-order valence-electron chi connectivity index (χ1n) is 10.8. The van der Waals surface area contributed by atoms with Crippen LogP contribution in [0, 0.1) is 12.8 Å². The van der Waals surface area contributed by atoms with Crippen molar-refractivity contribution >= 4 is 22.6 Å². The van der Waals surface area contributed by atoms with Crippen molar-refractivity contribution in [1.29, 1.82) is 0 Å². The summed E-state index contributed by atoms with van der Waals surface area (Å²) in [6, 6.07) is 11.7. The van der Waals surface area contributed by atoms with Crippen molar-refractivity contribution < 1.29 is 14.3 Å². The van der Waals surface area contributed by atoms with E-state index in [-0.39, 0.29) is 24.0 Å². The van der Waals surface area contributed by atoms with Crippen LogP contribution >= 0.6 is 0 Å². The lowest BCUT2D eigenvalue weighted by atomic mass is 9.85. The summed E-state index contributed by atoms with van der Waals surface area (Å²) in [5, 5.41) is 5.41. The van der Waals surface area contributed by atoms with Gasteiger partial charge in [-0.15, -0.1) is 0 Å². The number of carbonyl (C=O) groups excluding carboxylic acids is 2. The smallest absolute Gasteiger partial charge is 0.323 e. The number of rotatable bonds is 6. The second kappa shape index (κ2) is 8.54. The zero-order valence-corrected chi connectivity index (χ0v) is 17.3. The van der Waals surface area contributed by atoms with E-state index in [0.717, 1.165) is 22.9 Å². The number of aryl methyl sites for hydroxylation is 1. The highest BCUT2D eigenvalue weighted by Gasteiger charge is 2.40. The maximum Gasteiger partial charge on any atom is 0.323 e. The van der Waals surface area contributed by atoms with E-state index in [1.807, 2.05) is 44.2 Å². The summed E-state index contributed by atoms with van der Waals surface area (Å²) in [7, 11) is 0. The zero-order valence-electron chi connectivity index (χ0n) is 17.3. The number of fused-ring (bicyclic) bond motifs is 1.